The molecule has 20 heavy (non-hydrogen) atoms. The highest BCUT2D eigenvalue weighted by Gasteiger charge is 2.27. The molecule has 2 rings (SSSR count). The highest BCUT2D eigenvalue weighted by atomic mass is 32.2. The highest BCUT2D eigenvalue weighted by Crippen LogP contribution is 2.30. The predicted molar refractivity (Wildman–Crippen MR) is 77.5 cm³/mol. The van der Waals surface area contributed by atoms with Gasteiger partial charge in [0.1, 0.15) is 6.61 Å². The molecule has 1 aliphatic rings. The molecule has 1 aromatic rings. The summed E-state index contributed by atoms with van der Waals surface area (Å²) in [6.45, 7) is 1.67. The molecule has 0 saturated heterocycles. The van der Waals surface area contributed by atoms with Crippen LogP contribution in [0.3, 0.4) is 0 Å². The lowest BCUT2D eigenvalue weighted by atomic mass is 9.81. The van der Waals surface area contributed by atoms with Crippen LogP contribution in [0.5, 0.6) is 0 Å². The van der Waals surface area contributed by atoms with Gasteiger partial charge in [-0.3, -0.25) is 0 Å². The molecule has 1 aromatic carbocycles. The molecule has 0 radical (unpaired) electrons. The maximum absolute atomic E-state index is 12.3. The Labute approximate surface area is 120 Å². The number of aliphatic hydroxyl groups excluding tert-OH is 1. The van der Waals surface area contributed by atoms with E-state index >= 15 is 0 Å². The average Bonchev–Trinajstić information content (AvgIpc) is 2.34. The fourth-order valence-corrected chi connectivity index (χ4v) is 3.59. The fourth-order valence-electron chi connectivity index (χ4n) is 2.23. The zero-order valence-corrected chi connectivity index (χ0v) is 12.3. The monoisotopic (exact) mass is 293 g/mol. The van der Waals surface area contributed by atoms with E-state index in [0.29, 0.717) is 11.5 Å². The molecule has 1 atom stereocenters. The molecular formula is C15H19NO3S. The van der Waals surface area contributed by atoms with Crippen LogP contribution in [0.4, 0.5) is 0 Å². The third-order valence-corrected chi connectivity index (χ3v) is 5.21. The van der Waals surface area contributed by atoms with Crippen molar-refractivity contribution in [1.29, 1.82) is 0 Å². The van der Waals surface area contributed by atoms with Crippen molar-refractivity contribution in [3.05, 3.63) is 29.8 Å². The number of sulfonamides is 1. The topological polar surface area (TPSA) is 66.4 Å². The van der Waals surface area contributed by atoms with Crippen molar-refractivity contribution in [3.63, 3.8) is 0 Å². The first-order chi connectivity index (χ1) is 9.53. The summed E-state index contributed by atoms with van der Waals surface area (Å²) < 4.78 is 27.3. The van der Waals surface area contributed by atoms with Gasteiger partial charge in [-0.05, 0) is 43.9 Å². The third kappa shape index (κ3) is 3.60. The summed E-state index contributed by atoms with van der Waals surface area (Å²) in [6, 6.07) is 6.42. The highest BCUT2D eigenvalue weighted by molar-refractivity contribution is 7.89. The van der Waals surface area contributed by atoms with E-state index in [1.165, 1.54) is 12.5 Å². The molecule has 0 heterocycles. The molecule has 2 N–H and O–H groups in total. The SMILES string of the molecule is CC(NS(=O)(=O)c1cccc(C#CCO)c1)C1CCC1. The molecule has 0 aliphatic heterocycles. The first-order valence-electron chi connectivity index (χ1n) is 6.75. The van der Waals surface area contributed by atoms with Crippen molar-refractivity contribution in [2.45, 2.75) is 37.1 Å². The van der Waals surface area contributed by atoms with Crippen molar-refractivity contribution < 1.29 is 13.5 Å². The van der Waals surface area contributed by atoms with E-state index in [2.05, 4.69) is 16.6 Å². The van der Waals surface area contributed by atoms with Gasteiger partial charge < -0.3 is 5.11 Å². The summed E-state index contributed by atoms with van der Waals surface area (Å²) >= 11 is 0. The van der Waals surface area contributed by atoms with Gasteiger partial charge in [-0.2, -0.15) is 0 Å². The Kier molecular flexibility index (Phi) is 4.81. The van der Waals surface area contributed by atoms with E-state index < -0.39 is 10.0 Å². The quantitative estimate of drug-likeness (QED) is 0.827. The lowest BCUT2D eigenvalue weighted by molar-refractivity contribution is 0.260. The van der Waals surface area contributed by atoms with Crippen LogP contribution in [0.25, 0.3) is 0 Å². The minimum Gasteiger partial charge on any atom is -0.384 e. The average molecular weight is 293 g/mol. The van der Waals surface area contributed by atoms with E-state index in [4.69, 9.17) is 5.11 Å². The molecule has 1 aliphatic carbocycles. The Morgan fingerprint density at radius 2 is 2.20 bits per heavy atom. The Balaban J connectivity index is 2.16. The summed E-state index contributed by atoms with van der Waals surface area (Å²) in [5.74, 6) is 5.67. The molecule has 0 bridgehead atoms. The summed E-state index contributed by atoms with van der Waals surface area (Å²) in [5.41, 5.74) is 0.582. The van der Waals surface area contributed by atoms with Crippen LogP contribution in [-0.2, 0) is 10.0 Å². The van der Waals surface area contributed by atoms with Gasteiger partial charge in [0.25, 0.3) is 0 Å². The predicted octanol–water partition coefficient (Wildman–Crippen LogP) is 1.50. The molecule has 1 saturated carbocycles. The molecule has 0 aromatic heterocycles. The molecule has 0 spiro atoms. The second-order valence-electron chi connectivity index (χ2n) is 5.09. The van der Waals surface area contributed by atoms with Gasteiger partial charge in [-0.15, -0.1) is 0 Å². The van der Waals surface area contributed by atoms with Crippen LogP contribution < -0.4 is 4.72 Å². The maximum atomic E-state index is 12.3. The third-order valence-electron chi connectivity index (χ3n) is 3.65. The minimum absolute atomic E-state index is 0.0408. The minimum atomic E-state index is -3.51. The molecular weight excluding hydrogens is 274 g/mol. The molecule has 1 unspecified atom stereocenters. The summed E-state index contributed by atoms with van der Waals surface area (Å²) in [7, 11) is -3.51. The van der Waals surface area contributed by atoms with Crippen LogP contribution in [0, 0.1) is 17.8 Å². The standard InChI is InChI=1S/C15H19NO3S/c1-12(14-7-3-8-14)16-20(18,19)15-9-2-5-13(11-15)6-4-10-17/h2,5,9,11-12,14,16-17H,3,7-8,10H2,1H3. The lowest BCUT2D eigenvalue weighted by Gasteiger charge is -2.31. The number of aliphatic hydroxyl groups is 1. The Morgan fingerprint density at radius 1 is 1.45 bits per heavy atom. The van der Waals surface area contributed by atoms with Crippen LogP contribution in [-0.4, -0.2) is 26.2 Å². The summed E-state index contributed by atoms with van der Waals surface area (Å²) in [4.78, 5) is 0.216. The van der Waals surface area contributed by atoms with Crippen LogP contribution in [0.15, 0.2) is 29.2 Å². The molecule has 1 fully saturated rings. The van der Waals surface area contributed by atoms with Crippen LogP contribution in [0.2, 0.25) is 0 Å². The van der Waals surface area contributed by atoms with E-state index in [-0.39, 0.29) is 17.5 Å². The summed E-state index contributed by atoms with van der Waals surface area (Å²) in [6.07, 6.45) is 3.36. The number of rotatable bonds is 4. The summed E-state index contributed by atoms with van der Waals surface area (Å²) in [5, 5.41) is 8.67. The van der Waals surface area contributed by atoms with Crippen molar-refractivity contribution in [3.8, 4) is 11.8 Å². The number of hydrogen-bond acceptors (Lipinski definition) is 3. The van der Waals surface area contributed by atoms with Gasteiger partial charge >= 0.3 is 0 Å². The van der Waals surface area contributed by atoms with Gasteiger partial charge in [0.2, 0.25) is 10.0 Å². The normalized spacial score (nSPS) is 16.9. The zero-order chi connectivity index (χ0) is 14.6. The van der Waals surface area contributed by atoms with E-state index in [9.17, 15) is 8.42 Å². The van der Waals surface area contributed by atoms with Gasteiger partial charge in [0.15, 0.2) is 0 Å². The van der Waals surface area contributed by atoms with E-state index in [1.807, 2.05) is 6.92 Å². The van der Waals surface area contributed by atoms with Crippen molar-refractivity contribution in [2.24, 2.45) is 5.92 Å². The Morgan fingerprint density at radius 3 is 2.80 bits per heavy atom. The van der Waals surface area contributed by atoms with Crippen LogP contribution in [0.1, 0.15) is 31.7 Å². The number of nitrogens with one attached hydrogen (secondary N) is 1. The molecule has 4 nitrogen and oxygen atoms in total. The second kappa shape index (κ2) is 6.40. The first-order valence-corrected chi connectivity index (χ1v) is 8.23. The molecule has 5 heteroatoms. The fraction of sp³-hybridized carbons (Fsp3) is 0.467. The Hall–Kier alpha value is -1.35. The molecule has 108 valence electrons. The maximum Gasteiger partial charge on any atom is 0.240 e. The second-order valence-corrected chi connectivity index (χ2v) is 6.80. The number of hydrogen-bond donors (Lipinski definition) is 2. The van der Waals surface area contributed by atoms with Crippen molar-refractivity contribution >= 4 is 10.0 Å². The van der Waals surface area contributed by atoms with E-state index in [0.717, 1.165) is 12.8 Å². The largest absolute Gasteiger partial charge is 0.384 e. The zero-order valence-electron chi connectivity index (χ0n) is 11.5. The number of benzene rings is 1. The van der Waals surface area contributed by atoms with Gasteiger partial charge in [0, 0.05) is 11.6 Å². The Bertz CT molecular complexity index is 624. The van der Waals surface area contributed by atoms with Crippen LogP contribution >= 0.6 is 0 Å². The van der Waals surface area contributed by atoms with Crippen molar-refractivity contribution in [2.75, 3.05) is 6.61 Å². The first kappa shape index (κ1) is 15.0. The smallest absolute Gasteiger partial charge is 0.240 e. The van der Waals surface area contributed by atoms with Crippen molar-refractivity contribution in [1.82, 2.24) is 4.72 Å². The lowest BCUT2D eigenvalue weighted by Crippen LogP contribution is -2.40. The molecule has 0 amide bonds. The van der Waals surface area contributed by atoms with Gasteiger partial charge in [-0.25, -0.2) is 13.1 Å². The van der Waals surface area contributed by atoms with Gasteiger partial charge in [-0.1, -0.05) is 24.3 Å². The van der Waals surface area contributed by atoms with Gasteiger partial charge in [0.05, 0.1) is 4.90 Å². The van der Waals surface area contributed by atoms with E-state index in [1.54, 1.807) is 18.2 Å².